The second-order valence-corrected chi connectivity index (χ2v) is 7.93. The number of imidazole rings is 1. The molecule has 0 bridgehead atoms. The Morgan fingerprint density at radius 3 is 2.65 bits per heavy atom. The molecule has 0 saturated heterocycles. The molecule has 34 heavy (non-hydrogen) atoms. The van der Waals surface area contributed by atoms with Gasteiger partial charge in [-0.1, -0.05) is 0 Å². The fourth-order valence-corrected chi connectivity index (χ4v) is 3.70. The van der Waals surface area contributed by atoms with Crippen LogP contribution < -0.4 is 5.32 Å². The molecule has 4 heterocycles. The number of nitriles is 1. The summed E-state index contributed by atoms with van der Waals surface area (Å²) >= 11 is 0. The molecule has 0 aliphatic heterocycles. The van der Waals surface area contributed by atoms with E-state index in [1.807, 2.05) is 54.0 Å². The van der Waals surface area contributed by atoms with Crippen LogP contribution in [-0.4, -0.2) is 39.6 Å². The summed E-state index contributed by atoms with van der Waals surface area (Å²) in [6, 6.07) is 15.3. The summed E-state index contributed by atoms with van der Waals surface area (Å²) in [4.78, 5) is 9.32. The van der Waals surface area contributed by atoms with Gasteiger partial charge in [0, 0.05) is 11.3 Å². The molecule has 0 radical (unpaired) electrons. The van der Waals surface area contributed by atoms with Gasteiger partial charge in [0.25, 0.3) is 0 Å². The quantitative estimate of drug-likeness (QED) is 0.414. The summed E-state index contributed by atoms with van der Waals surface area (Å²) in [5.41, 5.74) is 5.03. The second kappa shape index (κ2) is 8.38. The van der Waals surface area contributed by atoms with Crippen LogP contribution >= 0.6 is 0 Å². The molecule has 0 fully saturated rings. The number of aryl methyl sites for hydroxylation is 1. The Morgan fingerprint density at radius 2 is 1.94 bits per heavy atom. The molecule has 5 rings (SSSR count). The van der Waals surface area contributed by atoms with Gasteiger partial charge in [-0.25, -0.2) is 14.6 Å². The van der Waals surface area contributed by atoms with E-state index in [1.54, 1.807) is 24.9 Å². The molecule has 1 atom stereocenters. The summed E-state index contributed by atoms with van der Waals surface area (Å²) in [7, 11) is 0. The van der Waals surface area contributed by atoms with Gasteiger partial charge in [-0.2, -0.15) is 15.5 Å². The molecular weight excluding hydrogens is 430 g/mol. The van der Waals surface area contributed by atoms with Gasteiger partial charge in [-0.3, -0.25) is 4.57 Å². The summed E-state index contributed by atoms with van der Waals surface area (Å²) in [5.74, 6) is 1.72. The van der Waals surface area contributed by atoms with Gasteiger partial charge in [-0.15, -0.1) is 5.10 Å². The topological polar surface area (TPSA) is 130 Å². The first-order valence-corrected chi connectivity index (χ1v) is 10.6. The van der Waals surface area contributed by atoms with Crippen molar-refractivity contribution in [3.05, 3.63) is 77.5 Å². The number of fused-ring (bicyclic) bond motifs is 1. The van der Waals surface area contributed by atoms with Crippen LogP contribution in [0, 0.1) is 25.2 Å². The van der Waals surface area contributed by atoms with Gasteiger partial charge in [0.2, 0.25) is 0 Å². The molecular formula is C24H21N9O. The first-order valence-electron chi connectivity index (χ1n) is 10.6. The molecule has 4 aromatic heterocycles. The van der Waals surface area contributed by atoms with E-state index in [1.165, 1.54) is 6.20 Å². The first-order chi connectivity index (χ1) is 16.4. The number of pyridine rings is 1. The van der Waals surface area contributed by atoms with E-state index in [9.17, 15) is 10.4 Å². The molecule has 0 amide bonds. The van der Waals surface area contributed by atoms with E-state index in [-0.39, 0.29) is 0 Å². The van der Waals surface area contributed by atoms with Crippen molar-refractivity contribution in [3.8, 4) is 17.7 Å². The second-order valence-electron chi connectivity index (χ2n) is 7.93. The molecule has 0 spiro atoms. The number of rotatable bonds is 5. The van der Waals surface area contributed by atoms with E-state index >= 15 is 0 Å². The van der Waals surface area contributed by atoms with Crippen molar-refractivity contribution in [2.45, 2.75) is 26.9 Å². The van der Waals surface area contributed by atoms with Crippen molar-refractivity contribution in [1.29, 1.82) is 5.26 Å². The molecule has 0 aliphatic carbocycles. The minimum atomic E-state index is -0.760. The Labute approximate surface area is 195 Å². The molecule has 2 N–H and O–H groups in total. The molecule has 1 unspecified atom stereocenters. The first kappa shape index (κ1) is 21.2. The predicted octanol–water partition coefficient (Wildman–Crippen LogP) is 3.68. The standard InChI is InChI=1S/C24H21N9O/c1-14-4-8-22(31-30-14)28-18-5-7-21-20(10-18)26-13-32(21)23-9-6-19(16(3)34)24(29-23)33-15(2)17(11-25)12-27-33/h4-10,12-13,16,34H,1-3H3,(H,28,31). The number of nitrogens with zero attached hydrogens (tertiary/aromatic N) is 8. The smallest absolute Gasteiger partial charge is 0.161 e. The summed E-state index contributed by atoms with van der Waals surface area (Å²) in [5, 5.41) is 35.4. The van der Waals surface area contributed by atoms with Gasteiger partial charge in [0.05, 0.1) is 40.3 Å². The highest BCUT2D eigenvalue weighted by atomic mass is 16.3. The summed E-state index contributed by atoms with van der Waals surface area (Å²) < 4.78 is 3.44. The fraction of sp³-hybridized carbons (Fsp3) is 0.167. The Hall–Kier alpha value is -4.62. The fourth-order valence-electron chi connectivity index (χ4n) is 3.70. The molecule has 168 valence electrons. The van der Waals surface area contributed by atoms with Gasteiger partial charge in [-0.05, 0) is 63.2 Å². The third kappa shape index (κ3) is 3.74. The average molecular weight is 451 g/mol. The van der Waals surface area contributed by atoms with Crippen molar-refractivity contribution in [2.75, 3.05) is 5.32 Å². The Bertz CT molecular complexity index is 1540. The van der Waals surface area contributed by atoms with E-state index in [0.29, 0.717) is 34.3 Å². The van der Waals surface area contributed by atoms with Crippen LogP contribution in [0.15, 0.2) is 55.0 Å². The average Bonchev–Trinajstić information content (AvgIpc) is 3.43. The normalized spacial score (nSPS) is 12.0. The lowest BCUT2D eigenvalue weighted by atomic mass is 10.1. The van der Waals surface area contributed by atoms with Crippen LogP contribution in [0.25, 0.3) is 22.7 Å². The summed E-state index contributed by atoms with van der Waals surface area (Å²) in [6.45, 7) is 5.36. The zero-order valence-corrected chi connectivity index (χ0v) is 18.8. The molecule has 0 aliphatic rings. The zero-order valence-electron chi connectivity index (χ0n) is 18.8. The Morgan fingerprint density at radius 1 is 1.09 bits per heavy atom. The highest BCUT2D eigenvalue weighted by Crippen LogP contribution is 2.26. The Balaban J connectivity index is 1.55. The maximum Gasteiger partial charge on any atom is 0.161 e. The molecule has 5 aromatic rings. The number of aliphatic hydroxyl groups excluding tert-OH is 1. The number of hydrogen-bond donors (Lipinski definition) is 2. The van der Waals surface area contributed by atoms with Gasteiger partial charge in [0.1, 0.15) is 18.2 Å². The molecule has 1 aromatic carbocycles. The lowest BCUT2D eigenvalue weighted by molar-refractivity contribution is 0.198. The van der Waals surface area contributed by atoms with Crippen LogP contribution in [0.1, 0.15) is 35.5 Å². The lowest BCUT2D eigenvalue weighted by Crippen LogP contribution is -2.10. The maximum absolute atomic E-state index is 10.3. The van der Waals surface area contributed by atoms with Crippen LogP contribution in [0.5, 0.6) is 0 Å². The van der Waals surface area contributed by atoms with Crippen molar-refractivity contribution < 1.29 is 5.11 Å². The maximum atomic E-state index is 10.3. The van der Waals surface area contributed by atoms with Crippen LogP contribution in [0.2, 0.25) is 0 Å². The van der Waals surface area contributed by atoms with Crippen LogP contribution in [0.4, 0.5) is 11.5 Å². The zero-order chi connectivity index (χ0) is 23.8. The number of anilines is 2. The van der Waals surface area contributed by atoms with E-state index in [0.717, 1.165) is 22.4 Å². The van der Waals surface area contributed by atoms with Gasteiger partial charge >= 0.3 is 0 Å². The third-order valence-corrected chi connectivity index (χ3v) is 5.54. The summed E-state index contributed by atoms with van der Waals surface area (Å²) in [6.07, 6.45) is 2.43. The number of nitrogens with one attached hydrogen (secondary N) is 1. The molecule has 0 saturated carbocycles. The number of aliphatic hydroxyl groups is 1. The van der Waals surface area contributed by atoms with E-state index < -0.39 is 6.10 Å². The molecule has 10 nitrogen and oxygen atoms in total. The lowest BCUT2D eigenvalue weighted by Gasteiger charge is -2.15. The molecule has 10 heteroatoms. The largest absolute Gasteiger partial charge is 0.389 e. The Kier molecular flexibility index (Phi) is 5.24. The monoisotopic (exact) mass is 451 g/mol. The SMILES string of the molecule is Cc1ccc(Nc2ccc3c(c2)ncn3-c2ccc(C(C)O)c(-n3ncc(C#N)c3C)n2)nn1. The minimum Gasteiger partial charge on any atom is -0.389 e. The van der Waals surface area contributed by atoms with Crippen molar-refractivity contribution in [3.63, 3.8) is 0 Å². The third-order valence-electron chi connectivity index (χ3n) is 5.54. The van der Waals surface area contributed by atoms with Crippen LogP contribution in [0.3, 0.4) is 0 Å². The van der Waals surface area contributed by atoms with Crippen molar-refractivity contribution in [1.82, 2.24) is 34.5 Å². The highest BCUT2D eigenvalue weighted by Gasteiger charge is 2.18. The van der Waals surface area contributed by atoms with Crippen molar-refractivity contribution in [2.24, 2.45) is 0 Å². The minimum absolute atomic E-state index is 0.454. The van der Waals surface area contributed by atoms with E-state index in [2.05, 4.69) is 31.7 Å². The van der Waals surface area contributed by atoms with E-state index in [4.69, 9.17) is 4.98 Å². The number of hydrogen-bond acceptors (Lipinski definition) is 8. The van der Waals surface area contributed by atoms with Crippen molar-refractivity contribution >= 4 is 22.5 Å². The van der Waals surface area contributed by atoms with Crippen LogP contribution in [-0.2, 0) is 0 Å². The number of aromatic nitrogens is 7. The van der Waals surface area contributed by atoms with Gasteiger partial charge < -0.3 is 10.4 Å². The number of benzene rings is 1. The van der Waals surface area contributed by atoms with Gasteiger partial charge in [0.15, 0.2) is 11.6 Å². The highest BCUT2D eigenvalue weighted by molar-refractivity contribution is 5.82. The predicted molar refractivity (Wildman–Crippen MR) is 126 cm³/mol.